The molecule has 5 saturated carbocycles. The summed E-state index contributed by atoms with van der Waals surface area (Å²) in [6.07, 6.45) is 11.5. The van der Waals surface area contributed by atoms with Crippen LogP contribution < -0.4 is 0 Å². The van der Waals surface area contributed by atoms with E-state index in [-0.39, 0.29) is 28.3 Å². The number of rotatable bonds is 1. The Kier molecular flexibility index (Phi) is 4.46. The number of hydrogen-bond donors (Lipinski definition) is 2. The van der Waals surface area contributed by atoms with E-state index < -0.39 is 5.60 Å². The molecule has 5 aliphatic rings. The number of carbonyl (C=O) groups excluding carboxylic acids is 1. The second kappa shape index (κ2) is 6.31. The fourth-order valence-corrected chi connectivity index (χ4v) is 10.5. The number of fused-ring (bicyclic) bond motifs is 7. The fraction of sp³-hybridized carbons (Fsp3) is 0.962. The van der Waals surface area contributed by atoms with Crippen LogP contribution in [0.3, 0.4) is 0 Å². The fourth-order valence-electron chi connectivity index (χ4n) is 10.5. The summed E-state index contributed by atoms with van der Waals surface area (Å²) in [4.78, 5) is 13.2. The first-order valence-corrected chi connectivity index (χ1v) is 12.5. The van der Waals surface area contributed by atoms with Crippen LogP contribution in [0.4, 0.5) is 0 Å². The van der Waals surface area contributed by atoms with Crippen molar-refractivity contribution in [2.75, 3.05) is 0 Å². The topological polar surface area (TPSA) is 57.5 Å². The van der Waals surface area contributed by atoms with Crippen LogP contribution >= 0.6 is 0 Å². The van der Waals surface area contributed by atoms with Gasteiger partial charge < -0.3 is 10.2 Å². The third-order valence-electron chi connectivity index (χ3n) is 11.9. The number of carbonyl (C=O) groups is 1. The van der Waals surface area contributed by atoms with Crippen molar-refractivity contribution in [1.29, 1.82) is 0 Å². The molecule has 3 heteroatoms. The highest BCUT2D eigenvalue weighted by Gasteiger charge is 2.71. The van der Waals surface area contributed by atoms with Gasteiger partial charge in [0.25, 0.3) is 0 Å². The molecule has 0 amide bonds. The van der Waals surface area contributed by atoms with Gasteiger partial charge in [-0.05, 0) is 98.7 Å². The molecule has 0 aromatic heterocycles. The van der Waals surface area contributed by atoms with E-state index in [9.17, 15) is 15.0 Å². The van der Waals surface area contributed by atoms with Gasteiger partial charge in [0, 0.05) is 11.8 Å². The van der Waals surface area contributed by atoms with Crippen LogP contribution in [0.1, 0.15) is 98.3 Å². The molecule has 2 N–H and O–H groups in total. The summed E-state index contributed by atoms with van der Waals surface area (Å²) >= 11 is 0. The van der Waals surface area contributed by atoms with E-state index in [4.69, 9.17) is 0 Å². The predicted octanol–water partition coefficient (Wildman–Crippen LogP) is 5.13. The van der Waals surface area contributed by atoms with Gasteiger partial charge in [0.2, 0.25) is 0 Å². The minimum absolute atomic E-state index is 0.0818. The maximum absolute atomic E-state index is 13.2. The molecule has 0 radical (unpaired) electrons. The SMILES string of the molecule is CC(=O)[C@]12CCCC[C@@H]1C[C@@H]1[C@@H]3C[C@@H](C)[C@@]4(O)C[C@H](O)CC[C@]4(C)[C@@H]3CC[C@]12C. The highest BCUT2D eigenvalue weighted by Crippen LogP contribution is 2.75. The Hall–Kier alpha value is -0.410. The van der Waals surface area contributed by atoms with Gasteiger partial charge in [-0.1, -0.05) is 33.6 Å². The number of aliphatic hydroxyl groups is 2. The Morgan fingerprint density at radius 2 is 1.66 bits per heavy atom. The lowest BCUT2D eigenvalue weighted by Gasteiger charge is -2.66. The van der Waals surface area contributed by atoms with Crippen LogP contribution in [0.5, 0.6) is 0 Å². The summed E-state index contributed by atoms with van der Waals surface area (Å²) in [7, 11) is 0. The van der Waals surface area contributed by atoms with Gasteiger partial charge in [0.15, 0.2) is 0 Å². The number of Topliss-reactive ketones (excluding diaryl/α,β-unsaturated/α-hetero) is 1. The minimum Gasteiger partial charge on any atom is -0.393 e. The van der Waals surface area contributed by atoms with Gasteiger partial charge in [0.1, 0.15) is 5.78 Å². The zero-order valence-corrected chi connectivity index (χ0v) is 19.0. The zero-order valence-electron chi connectivity index (χ0n) is 19.0. The largest absolute Gasteiger partial charge is 0.393 e. The van der Waals surface area contributed by atoms with Crippen molar-refractivity contribution >= 4 is 5.78 Å². The lowest BCUT2D eigenvalue weighted by atomic mass is 9.40. The quantitative estimate of drug-likeness (QED) is 0.639. The third-order valence-corrected chi connectivity index (χ3v) is 11.9. The van der Waals surface area contributed by atoms with Gasteiger partial charge in [-0.15, -0.1) is 0 Å². The number of hydrogen-bond acceptors (Lipinski definition) is 3. The van der Waals surface area contributed by atoms with Crippen molar-refractivity contribution in [1.82, 2.24) is 0 Å². The first kappa shape index (κ1) is 20.5. The molecule has 10 atom stereocenters. The molecular weight excluding hydrogens is 360 g/mol. The van der Waals surface area contributed by atoms with Crippen molar-refractivity contribution in [3.05, 3.63) is 0 Å². The average Bonchev–Trinajstić information content (AvgIpc) is 2.95. The highest BCUT2D eigenvalue weighted by atomic mass is 16.3. The Morgan fingerprint density at radius 1 is 0.931 bits per heavy atom. The van der Waals surface area contributed by atoms with E-state index in [2.05, 4.69) is 20.8 Å². The summed E-state index contributed by atoms with van der Waals surface area (Å²) in [6, 6.07) is 0. The molecule has 0 spiro atoms. The Labute approximate surface area is 177 Å². The van der Waals surface area contributed by atoms with Gasteiger partial charge in [-0.3, -0.25) is 4.79 Å². The smallest absolute Gasteiger partial charge is 0.136 e. The highest BCUT2D eigenvalue weighted by molar-refractivity contribution is 5.84. The van der Waals surface area contributed by atoms with Crippen LogP contribution in [0.15, 0.2) is 0 Å². The van der Waals surface area contributed by atoms with Gasteiger partial charge in [-0.25, -0.2) is 0 Å². The average molecular weight is 403 g/mol. The first-order valence-electron chi connectivity index (χ1n) is 12.5. The summed E-state index contributed by atoms with van der Waals surface area (Å²) < 4.78 is 0. The van der Waals surface area contributed by atoms with Gasteiger partial charge in [0.05, 0.1) is 11.7 Å². The molecule has 5 rings (SSSR count). The summed E-state index contributed by atoms with van der Waals surface area (Å²) in [6.45, 7) is 8.96. The lowest BCUT2D eigenvalue weighted by Crippen LogP contribution is -2.66. The number of aliphatic hydroxyl groups excluding tert-OH is 1. The van der Waals surface area contributed by atoms with Crippen LogP contribution in [0.25, 0.3) is 0 Å². The third kappa shape index (κ3) is 2.30. The molecule has 29 heavy (non-hydrogen) atoms. The van der Waals surface area contributed by atoms with Crippen LogP contribution in [0, 0.1) is 45.8 Å². The minimum atomic E-state index is -0.733. The maximum atomic E-state index is 13.2. The van der Waals surface area contributed by atoms with E-state index in [1.165, 1.54) is 25.7 Å². The summed E-state index contributed by atoms with van der Waals surface area (Å²) in [5.74, 6) is 3.08. The standard InChI is InChI=1S/C26H42O3/c1-16-13-20-21(24(4)11-8-19(28)15-26(16,24)29)9-12-23(3)22(20)14-18-7-5-6-10-25(18,23)17(2)27/h16,18-22,28-29H,5-15H2,1-4H3/t16-,18-,19-,20-,21-,22-,23-,24-,25-,26+/m1/s1. The Morgan fingerprint density at radius 3 is 2.38 bits per heavy atom. The molecule has 0 aliphatic heterocycles. The normalized spacial score (nSPS) is 59.2. The van der Waals surface area contributed by atoms with Gasteiger partial charge in [-0.2, -0.15) is 0 Å². The van der Waals surface area contributed by atoms with Crippen LogP contribution in [-0.4, -0.2) is 27.7 Å². The number of ketones is 1. The Bertz CT molecular complexity index is 704. The van der Waals surface area contributed by atoms with Crippen molar-refractivity contribution in [2.24, 2.45) is 45.8 Å². The summed E-state index contributed by atoms with van der Waals surface area (Å²) in [5.41, 5.74) is -0.761. The molecule has 0 bridgehead atoms. The second-order valence-corrected chi connectivity index (χ2v) is 12.4. The lowest BCUT2D eigenvalue weighted by molar-refractivity contribution is -0.246. The molecule has 0 heterocycles. The Balaban J connectivity index is 1.55. The molecule has 0 aromatic rings. The van der Waals surface area contributed by atoms with E-state index >= 15 is 0 Å². The molecule has 3 nitrogen and oxygen atoms in total. The molecule has 5 aliphatic carbocycles. The summed E-state index contributed by atoms with van der Waals surface area (Å²) in [5, 5.41) is 22.2. The van der Waals surface area contributed by atoms with Crippen LogP contribution in [0.2, 0.25) is 0 Å². The van der Waals surface area contributed by atoms with E-state index in [0.29, 0.717) is 35.9 Å². The van der Waals surface area contributed by atoms with E-state index in [0.717, 1.165) is 38.5 Å². The molecular formula is C26H42O3. The van der Waals surface area contributed by atoms with Crippen molar-refractivity contribution in [3.8, 4) is 0 Å². The monoisotopic (exact) mass is 402 g/mol. The van der Waals surface area contributed by atoms with Crippen molar-refractivity contribution in [3.63, 3.8) is 0 Å². The van der Waals surface area contributed by atoms with Crippen LogP contribution in [-0.2, 0) is 4.79 Å². The second-order valence-electron chi connectivity index (χ2n) is 12.4. The molecule has 5 fully saturated rings. The first-order chi connectivity index (χ1) is 13.6. The molecule has 164 valence electrons. The molecule has 0 saturated heterocycles. The van der Waals surface area contributed by atoms with Crippen molar-refractivity contribution in [2.45, 2.75) is 110 Å². The van der Waals surface area contributed by atoms with Gasteiger partial charge >= 0.3 is 0 Å². The van der Waals surface area contributed by atoms with E-state index in [1.54, 1.807) is 0 Å². The van der Waals surface area contributed by atoms with E-state index in [1.807, 2.05) is 6.92 Å². The molecule has 0 aromatic carbocycles. The predicted molar refractivity (Wildman–Crippen MR) is 114 cm³/mol. The maximum Gasteiger partial charge on any atom is 0.136 e. The van der Waals surface area contributed by atoms with Crippen molar-refractivity contribution < 1.29 is 15.0 Å². The zero-order chi connectivity index (χ0) is 20.8. The molecule has 0 unspecified atom stereocenters.